The van der Waals surface area contributed by atoms with Crippen LogP contribution in [0.25, 0.3) is 0 Å². The number of hydrogen-bond acceptors (Lipinski definition) is 2. The first-order valence-corrected chi connectivity index (χ1v) is 6.67. The largest absolute Gasteiger partial charge is 0.398 e. The molecule has 0 aliphatic carbocycles. The summed E-state index contributed by atoms with van der Waals surface area (Å²) in [5, 5.41) is 0. The van der Waals surface area contributed by atoms with E-state index in [1.807, 2.05) is 6.07 Å². The van der Waals surface area contributed by atoms with Crippen LogP contribution >= 0.6 is 15.9 Å². The van der Waals surface area contributed by atoms with Crippen molar-refractivity contribution in [2.24, 2.45) is 0 Å². The molecule has 0 saturated carbocycles. The lowest BCUT2D eigenvalue weighted by molar-refractivity contribution is 0.922. The molecule has 3 heteroatoms. The Kier molecular flexibility index (Phi) is 3.92. The lowest BCUT2D eigenvalue weighted by Gasteiger charge is -2.20. The minimum atomic E-state index is 0.775. The number of aryl methyl sites for hydroxylation is 1. The molecule has 0 atom stereocenters. The highest BCUT2D eigenvalue weighted by Crippen LogP contribution is 2.22. The van der Waals surface area contributed by atoms with Crippen LogP contribution in [0.1, 0.15) is 11.1 Å². The van der Waals surface area contributed by atoms with E-state index >= 15 is 0 Å². The van der Waals surface area contributed by atoms with Gasteiger partial charge in [-0.2, -0.15) is 0 Å². The predicted octanol–water partition coefficient (Wildman–Crippen LogP) is 3.98. The highest BCUT2D eigenvalue weighted by atomic mass is 79.9. The van der Waals surface area contributed by atoms with E-state index in [2.05, 4.69) is 71.2 Å². The van der Waals surface area contributed by atoms with E-state index in [1.165, 1.54) is 16.8 Å². The van der Waals surface area contributed by atoms with Crippen LogP contribution in [0.2, 0.25) is 0 Å². The van der Waals surface area contributed by atoms with Gasteiger partial charge in [0.25, 0.3) is 0 Å². The third-order valence-corrected chi connectivity index (χ3v) is 3.65. The Morgan fingerprint density at radius 2 is 1.78 bits per heavy atom. The standard InChI is InChI=1S/C15H17BrN2/c1-11-3-6-13(7-4-11)18(2)10-12-5-8-15(17)14(16)9-12/h3-9H,10,17H2,1-2H3. The van der Waals surface area contributed by atoms with E-state index in [-0.39, 0.29) is 0 Å². The van der Waals surface area contributed by atoms with Gasteiger partial charge in [0.05, 0.1) is 0 Å². The van der Waals surface area contributed by atoms with Gasteiger partial charge >= 0.3 is 0 Å². The summed E-state index contributed by atoms with van der Waals surface area (Å²) in [6.45, 7) is 2.96. The molecule has 0 aromatic heterocycles. The Labute approximate surface area is 117 Å². The minimum absolute atomic E-state index is 0.775. The van der Waals surface area contributed by atoms with Crippen LogP contribution in [0.5, 0.6) is 0 Å². The van der Waals surface area contributed by atoms with Gasteiger partial charge in [0.1, 0.15) is 0 Å². The van der Waals surface area contributed by atoms with E-state index in [0.29, 0.717) is 0 Å². The van der Waals surface area contributed by atoms with Gasteiger partial charge in [-0.15, -0.1) is 0 Å². The second kappa shape index (κ2) is 5.44. The molecule has 0 amide bonds. The predicted molar refractivity (Wildman–Crippen MR) is 81.8 cm³/mol. The van der Waals surface area contributed by atoms with Crippen molar-refractivity contribution in [3.63, 3.8) is 0 Å². The number of hydrogen-bond donors (Lipinski definition) is 1. The number of nitrogens with zero attached hydrogens (tertiary/aromatic N) is 1. The average Bonchev–Trinajstić information content (AvgIpc) is 2.34. The zero-order chi connectivity index (χ0) is 13.1. The van der Waals surface area contributed by atoms with Crippen molar-refractivity contribution in [2.45, 2.75) is 13.5 Å². The highest BCUT2D eigenvalue weighted by Gasteiger charge is 2.03. The number of nitrogen functional groups attached to an aromatic ring is 1. The van der Waals surface area contributed by atoms with Crippen LogP contribution in [0.3, 0.4) is 0 Å². The molecule has 2 aromatic carbocycles. The zero-order valence-electron chi connectivity index (χ0n) is 10.7. The smallest absolute Gasteiger partial charge is 0.0458 e. The van der Waals surface area contributed by atoms with Gasteiger partial charge in [-0.05, 0) is 52.7 Å². The molecular weight excluding hydrogens is 288 g/mol. The summed E-state index contributed by atoms with van der Waals surface area (Å²) in [6.07, 6.45) is 0. The monoisotopic (exact) mass is 304 g/mol. The third-order valence-electron chi connectivity index (χ3n) is 2.96. The Balaban J connectivity index is 2.13. The minimum Gasteiger partial charge on any atom is -0.398 e. The molecule has 2 N–H and O–H groups in total. The van der Waals surface area contributed by atoms with Crippen molar-refractivity contribution in [3.8, 4) is 0 Å². The maximum atomic E-state index is 5.79. The number of rotatable bonds is 3. The molecule has 0 spiro atoms. The fraction of sp³-hybridized carbons (Fsp3) is 0.200. The van der Waals surface area contributed by atoms with Gasteiger partial charge in [-0.1, -0.05) is 23.8 Å². The van der Waals surface area contributed by atoms with Crippen LogP contribution in [0.4, 0.5) is 11.4 Å². The van der Waals surface area contributed by atoms with Crippen LogP contribution in [-0.2, 0) is 6.54 Å². The molecule has 0 unspecified atom stereocenters. The highest BCUT2D eigenvalue weighted by molar-refractivity contribution is 9.10. The second-order valence-electron chi connectivity index (χ2n) is 4.55. The van der Waals surface area contributed by atoms with Gasteiger partial charge in [-0.3, -0.25) is 0 Å². The lowest BCUT2D eigenvalue weighted by atomic mass is 10.1. The molecule has 2 nitrogen and oxygen atoms in total. The fourth-order valence-corrected chi connectivity index (χ4v) is 2.26. The van der Waals surface area contributed by atoms with E-state index in [9.17, 15) is 0 Å². The molecule has 0 bridgehead atoms. The SMILES string of the molecule is Cc1ccc(N(C)Cc2ccc(N)c(Br)c2)cc1. The Bertz CT molecular complexity index is 535. The number of benzene rings is 2. The first kappa shape index (κ1) is 13.0. The summed E-state index contributed by atoms with van der Waals surface area (Å²) in [5.74, 6) is 0. The first-order chi connectivity index (χ1) is 8.56. The Hall–Kier alpha value is -1.48. The number of halogens is 1. The second-order valence-corrected chi connectivity index (χ2v) is 5.40. The summed E-state index contributed by atoms with van der Waals surface area (Å²) >= 11 is 3.46. The molecule has 0 fully saturated rings. The Morgan fingerprint density at radius 1 is 1.11 bits per heavy atom. The topological polar surface area (TPSA) is 29.3 Å². The van der Waals surface area contributed by atoms with E-state index in [0.717, 1.165) is 16.7 Å². The molecule has 18 heavy (non-hydrogen) atoms. The van der Waals surface area contributed by atoms with Crippen molar-refractivity contribution in [1.82, 2.24) is 0 Å². The van der Waals surface area contributed by atoms with Crippen LogP contribution < -0.4 is 10.6 Å². The molecule has 2 rings (SSSR count). The van der Waals surface area contributed by atoms with Crippen LogP contribution in [0.15, 0.2) is 46.9 Å². The molecule has 0 radical (unpaired) electrons. The molecule has 94 valence electrons. The zero-order valence-corrected chi connectivity index (χ0v) is 12.2. The van der Waals surface area contributed by atoms with Crippen molar-refractivity contribution in [3.05, 3.63) is 58.1 Å². The van der Waals surface area contributed by atoms with Crippen LogP contribution in [0, 0.1) is 6.92 Å². The summed E-state index contributed by atoms with van der Waals surface area (Å²) in [5.41, 5.74) is 10.3. The molecule has 0 aliphatic rings. The number of nitrogens with two attached hydrogens (primary N) is 1. The van der Waals surface area contributed by atoms with Crippen molar-refractivity contribution in [1.29, 1.82) is 0 Å². The van der Waals surface area contributed by atoms with Gasteiger partial charge in [-0.25, -0.2) is 0 Å². The first-order valence-electron chi connectivity index (χ1n) is 5.88. The fourth-order valence-electron chi connectivity index (χ4n) is 1.83. The molecule has 0 saturated heterocycles. The molecule has 2 aromatic rings. The molecule has 0 heterocycles. The van der Waals surface area contributed by atoms with Crippen molar-refractivity contribution in [2.75, 3.05) is 17.7 Å². The lowest BCUT2D eigenvalue weighted by Crippen LogP contribution is -2.16. The maximum absolute atomic E-state index is 5.79. The van der Waals surface area contributed by atoms with Crippen molar-refractivity contribution < 1.29 is 0 Å². The summed E-state index contributed by atoms with van der Waals surface area (Å²) < 4.78 is 0.956. The maximum Gasteiger partial charge on any atom is 0.0458 e. The summed E-state index contributed by atoms with van der Waals surface area (Å²) in [4.78, 5) is 2.22. The van der Waals surface area contributed by atoms with E-state index in [1.54, 1.807) is 0 Å². The van der Waals surface area contributed by atoms with E-state index < -0.39 is 0 Å². The third kappa shape index (κ3) is 3.05. The van der Waals surface area contributed by atoms with Gasteiger partial charge in [0.15, 0.2) is 0 Å². The van der Waals surface area contributed by atoms with Gasteiger partial charge in [0, 0.05) is 29.4 Å². The summed E-state index contributed by atoms with van der Waals surface area (Å²) in [7, 11) is 2.09. The van der Waals surface area contributed by atoms with E-state index in [4.69, 9.17) is 5.73 Å². The molecule has 0 aliphatic heterocycles. The Morgan fingerprint density at radius 3 is 2.39 bits per heavy atom. The van der Waals surface area contributed by atoms with Gasteiger partial charge < -0.3 is 10.6 Å². The van der Waals surface area contributed by atoms with Crippen LogP contribution in [-0.4, -0.2) is 7.05 Å². The number of anilines is 2. The van der Waals surface area contributed by atoms with Gasteiger partial charge in [0.2, 0.25) is 0 Å². The molecular formula is C15H17BrN2. The average molecular weight is 305 g/mol. The van der Waals surface area contributed by atoms with Crippen molar-refractivity contribution >= 4 is 27.3 Å². The summed E-state index contributed by atoms with van der Waals surface area (Å²) in [6, 6.07) is 14.6. The quantitative estimate of drug-likeness (QED) is 0.869. The normalized spacial score (nSPS) is 10.4.